The van der Waals surface area contributed by atoms with E-state index in [0.29, 0.717) is 18.4 Å². The van der Waals surface area contributed by atoms with Gasteiger partial charge in [0, 0.05) is 31.2 Å². The fourth-order valence-corrected chi connectivity index (χ4v) is 2.36. The van der Waals surface area contributed by atoms with Crippen molar-refractivity contribution in [3.63, 3.8) is 0 Å². The third kappa shape index (κ3) is 3.97. The second-order valence-electron chi connectivity index (χ2n) is 5.83. The van der Waals surface area contributed by atoms with Crippen LogP contribution in [0.15, 0.2) is 61.1 Å². The summed E-state index contributed by atoms with van der Waals surface area (Å²) in [5, 5.41) is 0. The van der Waals surface area contributed by atoms with E-state index in [1.165, 1.54) is 11.1 Å². The molecule has 0 unspecified atom stereocenters. The molecular weight excluding hydrogens is 286 g/mol. The van der Waals surface area contributed by atoms with E-state index in [0.717, 1.165) is 12.4 Å². The van der Waals surface area contributed by atoms with Crippen LogP contribution < -0.4 is 4.74 Å². The third-order valence-electron chi connectivity index (χ3n) is 3.77. The van der Waals surface area contributed by atoms with Gasteiger partial charge in [0.2, 0.25) is 5.88 Å². The molecule has 0 aliphatic carbocycles. The summed E-state index contributed by atoms with van der Waals surface area (Å²) in [5.74, 6) is 1.99. The van der Waals surface area contributed by atoms with Crippen molar-refractivity contribution >= 4 is 0 Å². The molecule has 3 rings (SSSR count). The Morgan fingerprint density at radius 2 is 1.87 bits per heavy atom. The van der Waals surface area contributed by atoms with Crippen LogP contribution in [-0.2, 0) is 13.2 Å². The summed E-state index contributed by atoms with van der Waals surface area (Å²) >= 11 is 0. The van der Waals surface area contributed by atoms with Gasteiger partial charge in [0.15, 0.2) is 0 Å². The summed E-state index contributed by atoms with van der Waals surface area (Å²) in [6.07, 6.45) is 5.65. The van der Waals surface area contributed by atoms with Gasteiger partial charge >= 0.3 is 0 Å². The first-order valence-electron chi connectivity index (χ1n) is 7.85. The molecule has 0 bridgehead atoms. The number of nitrogens with zero attached hydrogens (tertiary/aromatic N) is 3. The fourth-order valence-electron chi connectivity index (χ4n) is 2.36. The van der Waals surface area contributed by atoms with Gasteiger partial charge in [-0.05, 0) is 17.0 Å². The summed E-state index contributed by atoms with van der Waals surface area (Å²) in [6, 6.07) is 14.3. The predicted molar refractivity (Wildman–Crippen MR) is 90.4 cm³/mol. The molecule has 0 aliphatic rings. The standard InChI is InChI=1S/C19H21N3O/c1-15(2)17-8-9-19(21-12-17)23-14-18-20-10-11-22(18)13-16-6-4-3-5-7-16/h3-12,15H,13-14H2,1-2H3. The molecule has 118 valence electrons. The molecule has 0 atom stereocenters. The van der Waals surface area contributed by atoms with E-state index in [1.54, 1.807) is 6.20 Å². The first-order chi connectivity index (χ1) is 11.2. The highest BCUT2D eigenvalue weighted by atomic mass is 16.5. The minimum atomic E-state index is 0.411. The minimum Gasteiger partial charge on any atom is -0.469 e. The van der Waals surface area contributed by atoms with Crippen LogP contribution in [0.2, 0.25) is 0 Å². The highest BCUT2D eigenvalue weighted by Gasteiger charge is 2.06. The molecule has 3 aromatic rings. The Morgan fingerprint density at radius 3 is 2.57 bits per heavy atom. The zero-order valence-electron chi connectivity index (χ0n) is 13.5. The number of hydrogen-bond donors (Lipinski definition) is 0. The van der Waals surface area contributed by atoms with Crippen LogP contribution in [0.25, 0.3) is 0 Å². The van der Waals surface area contributed by atoms with Crippen molar-refractivity contribution in [1.82, 2.24) is 14.5 Å². The fraction of sp³-hybridized carbons (Fsp3) is 0.263. The maximum absolute atomic E-state index is 5.77. The van der Waals surface area contributed by atoms with Crippen molar-refractivity contribution in [2.75, 3.05) is 0 Å². The number of aromatic nitrogens is 3. The van der Waals surface area contributed by atoms with Crippen LogP contribution in [0.5, 0.6) is 5.88 Å². The number of pyridine rings is 1. The molecule has 0 fully saturated rings. The third-order valence-corrected chi connectivity index (χ3v) is 3.77. The summed E-state index contributed by atoms with van der Waals surface area (Å²) < 4.78 is 7.86. The smallest absolute Gasteiger partial charge is 0.213 e. The van der Waals surface area contributed by atoms with Gasteiger partial charge in [0.1, 0.15) is 12.4 Å². The summed E-state index contributed by atoms with van der Waals surface area (Å²) in [5.41, 5.74) is 2.45. The molecule has 23 heavy (non-hydrogen) atoms. The van der Waals surface area contributed by atoms with Gasteiger partial charge in [-0.15, -0.1) is 0 Å². The summed E-state index contributed by atoms with van der Waals surface area (Å²) in [7, 11) is 0. The van der Waals surface area contributed by atoms with E-state index >= 15 is 0 Å². The minimum absolute atomic E-state index is 0.411. The Bertz CT molecular complexity index is 733. The molecule has 0 spiro atoms. The largest absolute Gasteiger partial charge is 0.469 e. The molecule has 0 N–H and O–H groups in total. The van der Waals surface area contributed by atoms with Crippen LogP contribution in [0, 0.1) is 0 Å². The molecule has 0 saturated carbocycles. The molecule has 0 amide bonds. The van der Waals surface area contributed by atoms with Gasteiger partial charge < -0.3 is 9.30 Å². The van der Waals surface area contributed by atoms with Gasteiger partial charge in [-0.3, -0.25) is 0 Å². The van der Waals surface area contributed by atoms with E-state index in [1.807, 2.05) is 36.7 Å². The highest BCUT2D eigenvalue weighted by Crippen LogP contribution is 2.16. The molecule has 0 saturated heterocycles. The number of imidazole rings is 1. The first-order valence-corrected chi connectivity index (χ1v) is 7.85. The number of hydrogen-bond acceptors (Lipinski definition) is 3. The molecule has 0 aliphatic heterocycles. The second-order valence-corrected chi connectivity index (χ2v) is 5.83. The molecular formula is C19H21N3O. The van der Waals surface area contributed by atoms with Crippen molar-refractivity contribution < 1.29 is 4.74 Å². The number of benzene rings is 1. The van der Waals surface area contributed by atoms with Crippen LogP contribution in [0.1, 0.15) is 36.7 Å². The summed E-state index contributed by atoms with van der Waals surface area (Å²) in [4.78, 5) is 8.74. The van der Waals surface area contributed by atoms with E-state index in [2.05, 4.69) is 46.6 Å². The van der Waals surface area contributed by atoms with Crippen molar-refractivity contribution in [3.8, 4) is 5.88 Å². The Hall–Kier alpha value is -2.62. The lowest BCUT2D eigenvalue weighted by Crippen LogP contribution is -2.08. The Labute approximate surface area is 136 Å². The quantitative estimate of drug-likeness (QED) is 0.690. The SMILES string of the molecule is CC(C)c1ccc(OCc2nccn2Cc2ccccc2)nc1. The monoisotopic (exact) mass is 307 g/mol. The normalized spacial score (nSPS) is 10.9. The molecule has 2 heterocycles. The molecule has 0 radical (unpaired) electrons. The maximum atomic E-state index is 5.77. The zero-order valence-corrected chi connectivity index (χ0v) is 13.5. The van der Waals surface area contributed by atoms with Crippen LogP contribution in [0.4, 0.5) is 0 Å². The molecule has 4 heteroatoms. The zero-order chi connectivity index (χ0) is 16.1. The van der Waals surface area contributed by atoms with Gasteiger partial charge in [-0.2, -0.15) is 0 Å². The van der Waals surface area contributed by atoms with Crippen molar-refractivity contribution in [1.29, 1.82) is 0 Å². The first kappa shape index (κ1) is 15.3. The van der Waals surface area contributed by atoms with E-state index in [-0.39, 0.29) is 0 Å². The number of ether oxygens (including phenoxy) is 1. The van der Waals surface area contributed by atoms with E-state index in [4.69, 9.17) is 4.74 Å². The van der Waals surface area contributed by atoms with Gasteiger partial charge in [-0.25, -0.2) is 9.97 Å². The lowest BCUT2D eigenvalue weighted by atomic mass is 10.1. The average molecular weight is 307 g/mol. The Kier molecular flexibility index (Phi) is 4.71. The van der Waals surface area contributed by atoms with Gasteiger partial charge in [0.05, 0.1) is 0 Å². The lowest BCUT2D eigenvalue weighted by molar-refractivity contribution is 0.279. The average Bonchev–Trinajstić information content (AvgIpc) is 3.01. The molecule has 4 nitrogen and oxygen atoms in total. The van der Waals surface area contributed by atoms with Gasteiger partial charge in [0.25, 0.3) is 0 Å². The Morgan fingerprint density at radius 1 is 1.04 bits per heavy atom. The Balaban J connectivity index is 1.64. The molecule has 2 aromatic heterocycles. The second kappa shape index (κ2) is 7.09. The number of rotatable bonds is 6. The van der Waals surface area contributed by atoms with E-state index in [9.17, 15) is 0 Å². The van der Waals surface area contributed by atoms with Crippen LogP contribution >= 0.6 is 0 Å². The predicted octanol–water partition coefficient (Wildman–Crippen LogP) is 4.03. The maximum Gasteiger partial charge on any atom is 0.213 e. The topological polar surface area (TPSA) is 39.9 Å². The van der Waals surface area contributed by atoms with Gasteiger partial charge in [-0.1, -0.05) is 50.2 Å². The van der Waals surface area contributed by atoms with Crippen LogP contribution in [-0.4, -0.2) is 14.5 Å². The van der Waals surface area contributed by atoms with Crippen molar-refractivity contribution in [3.05, 3.63) is 78.0 Å². The lowest BCUT2D eigenvalue weighted by Gasteiger charge is -2.10. The van der Waals surface area contributed by atoms with E-state index < -0.39 is 0 Å². The van der Waals surface area contributed by atoms with Crippen LogP contribution in [0.3, 0.4) is 0 Å². The summed E-state index contributed by atoms with van der Waals surface area (Å²) in [6.45, 7) is 5.50. The molecule has 1 aromatic carbocycles. The van der Waals surface area contributed by atoms with Crippen molar-refractivity contribution in [2.45, 2.75) is 32.9 Å². The highest BCUT2D eigenvalue weighted by molar-refractivity contribution is 5.20. The van der Waals surface area contributed by atoms with Crippen molar-refractivity contribution in [2.24, 2.45) is 0 Å².